The lowest BCUT2D eigenvalue weighted by atomic mass is 9.93. The normalized spacial score (nSPS) is 22.9. The van der Waals surface area contributed by atoms with Gasteiger partial charge in [0.25, 0.3) is 0 Å². The van der Waals surface area contributed by atoms with E-state index in [1.54, 1.807) is 7.11 Å². The van der Waals surface area contributed by atoms with Crippen molar-refractivity contribution in [3.8, 4) is 11.5 Å². The maximum atomic E-state index is 8.56. The van der Waals surface area contributed by atoms with Crippen LogP contribution in [0.15, 0.2) is 29.4 Å². The third-order valence-corrected chi connectivity index (χ3v) is 3.21. The Kier molecular flexibility index (Phi) is 4.31. The molecule has 2 rings (SSSR count). The Morgan fingerprint density at radius 1 is 1.17 bits per heavy atom. The number of azide groups is 1. The summed E-state index contributed by atoms with van der Waals surface area (Å²) in [6.45, 7) is 0. The fourth-order valence-electron chi connectivity index (χ4n) is 2.24. The summed E-state index contributed by atoms with van der Waals surface area (Å²) in [7, 11) is 1.63. The zero-order valence-corrected chi connectivity index (χ0v) is 10.5. The van der Waals surface area contributed by atoms with Crippen LogP contribution in [0.25, 0.3) is 10.4 Å². The van der Waals surface area contributed by atoms with Gasteiger partial charge in [-0.2, -0.15) is 0 Å². The average molecular weight is 247 g/mol. The molecule has 1 aliphatic carbocycles. The van der Waals surface area contributed by atoms with Gasteiger partial charge in [0.05, 0.1) is 13.2 Å². The molecule has 1 aromatic carbocycles. The smallest absolute Gasteiger partial charge is 0.120 e. The Morgan fingerprint density at radius 2 is 1.83 bits per heavy atom. The Morgan fingerprint density at radius 3 is 2.50 bits per heavy atom. The van der Waals surface area contributed by atoms with Gasteiger partial charge in [-0.15, -0.1) is 0 Å². The second kappa shape index (κ2) is 6.17. The number of hydrogen-bond donors (Lipinski definition) is 0. The van der Waals surface area contributed by atoms with Crippen molar-refractivity contribution in [2.75, 3.05) is 7.11 Å². The first-order valence-electron chi connectivity index (χ1n) is 6.18. The number of benzene rings is 1. The highest BCUT2D eigenvalue weighted by Crippen LogP contribution is 2.27. The number of hydrogen-bond acceptors (Lipinski definition) is 3. The number of methoxy groups -OCH3 is 1. The van der Waals surface area contributed by atoms with E-state index in [4.69, 9.17) is 15.0 Å². The molecular formula is C13H17N3O2. The minimum atomic E-state index is -0.0501. The van der Waals surface area contributed by atoms with E-state index in [1.807, 2.05) is 24.3 Å². The van der Waals surface area contributed by atoms with Gasteiger partial charge < -0.3 is 9.47 Å². The lowest BCUT2D eigenvalue weighted by Gasteiger charge is -2.28. The van der Waals surface area contributed by atoms with E-state index in [1.165, 1.54) is 0 Å². The van der Waals surface area contributed by atoms with E-state index in [2.05, 4.69) is 10.0 Å². The lowest BCUT2D eigenvalue weighted by Crippen LogP contribution is -2.33. The quantitative estimate of drug-likeness (QED) is 0.462. The maximum absolute atomic E-state index is 8.56. The van der Waals surface area contributed by atoms with Crippen molar-refractivity contribution >= 4 is 0 Å². The van der Waals surface area contributed by atoms with Gasteiger partial charge in [-0.3, -0.25) is 0 Å². The monoisotopic (exact) mass is 247 g/mol. The molecule has 0 spiro atoms. The van der Waals surface area contributed by atoms with Gasteiger partial charge in [-0.05, 0) is 49.1 Å². The first kappa shape index (κ1) is 12.6. The van der Waals surface area contributed by atoms with Crippen LogP contribution >= 0.6 is 0 Å². The molecule has 0 bridgehead atoms. The Hall–Kier alpha value is -1.87. The average Bonchev–Trinajstić information content (AvgIpc) is 2.42. The van der Waals surface area contributed by atoms with Crippen LogP contribution in [0.5, 0.6) is 11.5 Å². The van der Waals surface area contributed by atoms with Crippen LogP contribution in [-0.2, 0) is 0 Å². The van der Waals surface area contributed by atoms with Crippen LogP contribution in [0.1, 0.15) is 25.7 Å². The SMILES string of the molecule is COc1ccc(O[C@@H]2CCCC[C@@H]2N=[N+]=[N-])cc1. The largest absolute Gasteiger partial charge is 0.497 e. The first-order valence-corrected chi connectivity index (χ1v) is 6.18. The zero-order valence-electron chi connectivity index (χ0n) is 10.5. The molecule has 0 radical (unpaired) electrons. The highest BCUT2D eigenvalue weighted by Gasteiger charge is 2.25. The van der Waals surface area contributed by atoms with Crippen molar-refractivity contribution in [3.63, 3.8) is 0 Å². The third kappa shape index (κ3) is 3.08. The second-order valence-electron chi connectivity index (χ2n) is 4.39. The molecule has 1 aliphatic rings. The van der Waals surface area contributed by atoms with Crippen molar-refractivity contribution in [1.29, 1.82) is 0 Å². The van der Waals surface area contributed by atoms with Crippen molar-refractivity contribution < 1.29 is 9.47 Å². The minimum absolute atomic E-state index is 0.0111. The lowest BCUT2D eigenvalue weighted by molar-refractivity contribution is 0.132. The fraction of sp³-hybridized carbons (Fsp3) is 0.538. The molecule has 0 unspecified atom stereocenters. The predicted molar refractivity (Wildman–Crippen MR) is 68.8 cm³/mol. The molecule has 1 saturated carbocycles. The van der Waals surface area contributed by atoms with E-state index in [0.29, 0.717) is 0 Å². The van der Waals surface area contributed by atoms with E-state index >= 15 is 0 Å². The minimum Gasteiger partial charge on any atom is -0.497 e. The van der Waals surface area contributed by atoms with E-state index in [9.17, 15) is 0 Å². The fourth-order valence-corrected chi connectivity index (χ4v) is 2.24. The number of rotatable bonds is 4. The molecule has 1 aromatic rings. The van der Waals surface area contributed by atoms with Gasteiger partial charge in [0, 0.05) is 4.91 Å². The van der Waals surface area contributed by atoms with Crippen molar-refractivity contribution in [2.24, 2.45) is 5.11 Å². The molecule has 2 atom stereocenters. The topological polar surface area (TPSA) is 67.2 Å². The standard InChI is InChI=1S/C13H17N3O2/c1-17-10-6-8-11(9-7-10)18-13-5-3-2-4-12(13)15-16-14/h6-9,12-13H,2-5H2,1H3/t12-,13+/m0/s1. The first-order chi connectivity index (χ1) is 8.83. The predicted octanol–water partition coefficient (Wildman–Crippen LogP) is 3.70. The zero-order chi connectivity index (χ0) is 12.8. The maximum Gasteiger partial charge on any atom is 0.120 e. The van der Waals surface area contributed by atoms with Crippen LogP contribution in [0.3, 0.4) is 0 Å². The van der Waals surface area contributed by atoms with Crippen molar-refractivity contribution in [3.05, 3.63) is 34.7 Å². The molecule has 0 heterocycles. The van der Waals surface area contributed by atoms with E-state index in [-0.39, 0.29) is 12.1 Å². The molecule has 18 heavy (non-hydrogen) atoms. The van der Waals surface area contributed by atoms with Gasteiger partial charge in [-0.25, -0.2) is 0 Å². The van der Waals surface area contributed by atoms with Gasteiger partial charge in [0.1, 0.15) is 17.6 Å². The van der Waals surface area contributed by atoms with Gasteiger partial charge in [-0.1, -0.05) is 11.5 Å². The summed E-state index contributed by atoms with van der Waals surface area (Å²) in [5.41, 5.74) is 8.56. The highest BCUT2D eigenvalue weighted by atomic mass is 16.5. The summed E-state index contributed by atoms with van der Waals surface area (Å²) in [6, 6.07) is 7.42. The van der Waals surface area contributed by atoms with Gasteiger partial charge in [0.15, 0.2) is 0 Å². The Balaban J connectivity index is 2.03. The highest BCUT2D eigenvalue weighted by molar-refractivity contribution is 5.31. The summed E-state index contributed by atoms with van der Waals surface area (Å²) in [5.74, 6) is 1.60. The Labute approximate surface area is 106 Å². The summed E-state index contributed by atoms with van der Waals surface area (Å²) in [5, 5.41) is 3.83. The molecule has 0 aliphatic heterocycles. The summed E-state index contributed by atoms with van der Waals surface area (Å²) >= 11 is 0. The Bertz CT molecular complexity index is 426. The van der Waals surface area contributed by atoms with Gasteiger partial charge >= 0.3 is 0 Å². The third-order valence-electron chi connectivity index (χ3n) is 3.21. The second-order valence-corrected chi connectivity index (χ2v) is 4.39. The van der Waals surface area contributed by atoms with E-state index < -0.39 is 0 Å². The van der Waals surface area contributed by atoms with Crippen LogP contribution < -0.4 is 9.47 Å². The summed E-state index contributed by atoms with van der Waals surface area (Å²) in [6.07, 6.45) is 4.06. The van der Waals surface area contributed by atoms with Crippen LogP contribution in [0.4, 0.5) is 0 Å². The number of ether oxygens (including phenoxy) is 2. The molecular weight excluding hydrogens is 230 g/mol. The molecule has 5 heteroatoms. The van der Waals surface area contributed by atoms with Crippen LogP contribution in [0.2, 0.25) is 0 Å². The summed E-state index contributed by atoms with van der Waals surface area (Å²) in [4.78, 5) is 2.90. The molecule has 0 amide bonds. The number of nitrogens with zero attached hydrogens (tertiary/aromatic N) is 3. The van der Waals surface area contributed by atoms with Crippen LogP contribution in [0, 0.1) is 0 Å². The molecule has 96 valence electrons. The van der Waals surface area contributed by atoms with Crippen molar-refractivity contribution in [1.82, 2.24) is 0 Å². The van der Waals surface area contributed by atoms with E-state index in [0.717, 1.165) is 37.2 Å². The summed E-state index contributed by atoms with van der Waals surface area (Å²) < 4.78 is 11.0. The van der Waals surface area contributed by atoms with Crippen molar-refractivity contribution in [2.45, 2.75) is 37.8 Å². The molecule has 5 nitrogen and oxygen atoms in total. The van der Waals surface area contributed by atoms with Crippen LogP contribution in [-0.4, -0.2) is 19.3 Å². The molecule has 0 N–H and O–H groups in total. The molecule has 0 saturated heterocycles. The molecule has 1 fully saturated rings. The molecule has 0 aromatic heterocycles. The van der Waals surface area contributed by atoms with Gasteiger partial charge in [0.2, 0.25) is 0 Å².